The molecule has 0 aliphatic carbocycles. The average molecular weight is 299 g/mol. The summed E-state index contributed by atoms with van der Waals surface area (Å²) in [6, 6.07) is 4.43. The van der Waals surface area contributed by atoms with Crippen LogP contribution in [-0.4, -0.2) is 29.8 Å². The second kappa shape index (κ2) is 5.90. The number of halogens is 2. The Morgan fingerprint density at radius 2 is 2.05 bits per heavy atom. The molecule has 2 heterocycles. The lowest BCUT2D eigenvalue weighted by Crippen LogP contribution is -2.46. The average Bonchev–Trinajstić information content (AvgIpc) is 2.45. The third kappa shape index (κ3) is 2.93. The highest BCUT2D eigenvalue weighted by Gasteiger charge is 2.38. The highest BCUT2D eigenvalue weighted by molar-refractivity contribution is 7.99. The smallest absolute Gasteiger partial charge is 0.181 e. The van der Waals surface area contributed by atoms with Gasteiger partial charge >= 0.3 is 0 Å². The molecule has 5 heteroatoms. The van der Waals surface area contributed by atoms with Crippen LogP contribution in [0.2, 0.25) is 0 Å². The normalized spacial score (nSPS) is 25.6. The van der Waals surface area contributed by atoms with Crippen molar-refractivity contribution in [1.82, 2.24) is 0 Å². The predicted octanol–water partition coefficient (Wildman–Crippen LogP) is 3.82. The van der Waals surface area contributed by atoms with Crippen LogP contribution in [0.15, 0.2) is 18.2 Å². The first kappa shape index (κ1) is 14.1. The van der Waals surface area contributed by atoms with E-state index in [1.807, 2.05) is 11.8 Å². The zero-order valence-corrected chi connectivity index (χ0v) is 12.1. The summed E-state index contributed by atoms with van der Waals surface area (Å²) in [5.41, 5.74) is 0.211. The van der Waals surface area contributed by atoms with Gasteiger partial charge in [0, 0.05) is 12.6 Å². The van der Waals surface area contributed by atoms with Crippen LogP contribution in [0, 0.1) is 11.6 Å². The van der Waals surface area contributed by atoms with Crippen molar-refractivity contribution in [2.24, 2.45) is 0 Å². The van der Waals surface area contributed by atoms with E-state index in [0.717, 1.165) is 43.3 Å². The predicted molar refractivity (Wildman–Crippen MR) is 78.2 cm³/mol. The molecular weight excluding hydrogens is 280 g/mol. The Balaban J connectivity index is 1.69. The van der Waals surface area contributed by atoms with Crippen LogP contribution >= 0.6 is 11.8 Å². The molecule has 3 rings (SSSR count). The molecule has 2 aliphatic heterocycles. The molecule has 20 heavy (non-hydrogen) atoms. The molecule has 1 unspecified atom stereocenters. The van der Waals surface area contributed by atoms with Crippen LogP contribution in [0.25, 0.3) is 0 Å². The van der Waals surface area contributed by atoms with Crippen molar-refractivity contribution < 1.29 is 13.5 Å². The summed E-state index contributed by atoms with van der Waals surface area (Å²) >= 11 is 1.96. The first-order valence-electron chi connectivity index (χ1n) is 7.11. The minimum atomic E-state index is -0.800. The summed E-state index contributed by atoms with van der Waals surface area (Å²) in [5, 5.41) is 3.16. The first-order valence-corrected chi connectivity index (χ1v) is 8.26. The van der Waals surface area contributed by atoms with Gasteiger partial charge < -0.3 is 10.1 Å². The topological polar surface area (TPSA) is 21.3 Å². The number of anilines is 1. The van der Waals surface area contributed by atoms with Gasteiger partial charge in [-0.05, 0) is 49.3 Å². The summed E-state index contributed by atoms with van der Waals surface area (Å²) in [5.74, 6) is 0.667. The summed E-state index contributed by atoms with van der Waals surface area (Å²) in [4.78, 5) is 0. The minimum Gasteiger partial charge on any atom is -0.380 e. The van der Waals surface area contributed by atoms with Gasteiger partial charge in [0.1, 0.15) is 0 Å². The molecule has 0 amide bonds. The van der Waals surface area contributed by atoms with Crippen molar-refractivity contribution in [2.45, 2.75) is 37.3 Å². The van der Waals surface area contributed by atoms with Crippen molar-refractivity contribution in [1.29, 1.82) is 0 Å². The molecule has 1 N–H and O–H groups in total. The molecule has 2 saturated heterocycles. The molecule has 0 aromatic heterocycles. The maximum atomic E-state index is 13.7. The highest BCUT2D eigenvalue weighted by atomic mass is 32.2. The van der Waals surface area contributed by atoms with Crippen LogP contribution < -0.4 is 5.32 Å². The Bertz CT molecular complexity index is 471. The number of nitrogens with one attached hydrogen (secondary N) is 1. The van der Waals surface area contributed by atoms with E-state index in [-0.39, 0.29) is 17.3 Å². The zero-order valence-electron chi connectivity index (χ0n) is 11.3. The van der Waals surface area contributed by atoms with E-state index in [0.29, 0.717) is 6.61 Å². The highest BCUT2D eigenvalue weighted by Crippen LogP contribution is 2.38. The van der Waals surface area contributed by atoms with E-state index < -0.39 is 11.6 Å². The van der Waals surface area contributed by atoms with Gasteiger partial charge in [0.25, 0.3) is 0 Å². The number of hydrogen-bond donors (Lipinski definition) is 1. The second-order valence-corrected chi connectivity index (χ2v) is 6.80. The van der Waals surface area contributed by atoms with Crippen molar-refractivity contribution in [3.05, 3.63) is 29.8 Å². The summed E-state index contributed by atoms with van der Waals surface area (Å²) < 4.78 is 33.0. The van der Waals surface area contributed by atoms with E-state index in [1.54, 1.807) is 6.07 Å². The van der Waals surface area contributed by atoms with Gasteiger partial charge in [-0.3, -0.25) is 0 Å². The van der Waals surface area contributed by atoms with E-state index in [4.69, 9.17) is 4.74 Å². The fourth-order valence-electron chi connectivity index (χ4n) is 3.08. The molecule has 1 atom stereocenters. The molecule has 0 saturated carbocycles. The van der Waals surface area contributed by atoms with E-state index in [9.17, 15) is 8.78 Å². The molecule has 2 fully saturated rings. The molecule has 1 aromatic rings. The van der Waals surface area contributed by atoms with Crippen molar-refractivity contribution in [3.63, 3.8) is 0 Å². The second-order valence-electron chi connectivity index (χ2n) is 5.58. The van der Waals surface area contributed by atoms with Crippen LogP contribution in [0.1, 0.15) is 25.7 Å². The molecule has 0 bridgehead atoms. The number of ether oxygens (including phenoxy) is 1. The quantitative estimate of drug-likeness (QED) is 0.897. The maximum Gasteiger partial charge on any atom is 0.181 e. The lowest BCUT2D eigenvalue weighted by Gasteiger charge is -2.43. The molecule has 1 spiro atoms. The Labute approximate surface area is 122 Å². The standard InChI is InChI=1S/C15H19F2NOS/c16-12-2-1-3-13(14(12)17)18-11-4-7-19-15(10-11)5-8-20-9-6-15/h1-3,11,18H,4-10H2. The van der Waals surface area contributed by atoms with Gasteiger partial charge in [-0.1, -0.05) is 6.07 Å². The summed E-state index contributed by atoms with van der Waals surface area (Å²) in [6.45, 7) is 0.694. The van der Waals surface area contributed by atoms with E-state index in [2.05, 4.69) is 5.32 Å². The van der Waals surface area contributed by atoms with Gasteiger partial charge in [0.05, 0.1) is 11.3 Å². The summed E-state index contributed by atoms with van der Waals surface area (Å²) in [7, 11) is 0. The molecular formula is C15H19F2NOS. The zero-order chi connectivity index (χ0) is 14.0. The number of rotatable bonds is 2. The molecule has 110 valence electrons. The molecule has 2 aliphatic rings. The Kier molecular flexibility index (Phi) is 4.17. The van der Waals surface area contributed by atoms with Gasteiger partial charge in [-0.15, -0.1) is 0 Å². The SMILES string of the molecule is Fc1cccc(NC2CCOC3(CCSCC3)C2)c1F. The monoisotopic (exact) mass is 299 g/mol. The number of benzene rings is 1. The molecule has 2 nitrogen and oxygen atoms in total. The van der Waals surface area contributed by atoms with Gasteiger partial charge in [0.2, 0.25) is 0 Å². The van der Waals surface area contributed by atoms with E-state index in [1.165, 1.54) is 6.07 Å². The lowest BCUT2D eigenvalue weighted by molar-refractivity contribution is -0.0866. The number of thioether (sulfide) groups is 1. The van der Waals surface area contributed by atoms with Gasteiger partial charge in [0.15, 0.2) is 11.6 Å². The summed E-state index contributed by atoms with van der Waals surface area (Å²) in [6.07, 6.45) is 3.83. The van der Waals surface area contributed by atoms with Gasteiger partial charge in [-0.2, -0.15) is 11.8 Å². The van der Waals surface area contributed by atoms with Crippen LogP contribution in [-0.2, 0) is 4.74 Å². The van der Waals surface area contributed by atoms with E-state index >= 15 is 0 Å². The van der Waals surface area contributed by atoms with Crippen LogP contribution in [0.3, 0.4) is 0 Å². The third-order valence-electron chi connectivity index (χ3n) is 4.21. The Morgan fingerprint density at radius 3 is 2.85 bits per heavy atom. The van der Waals surface area contributed by atoms with Crippen LogP contribution in [0.5, 0.6) is 0 Å². The fourth-order valence-corrected chi connectivity index (χ4v) is 4.31. The Hall–Kier alpha value is -0.810. The van der Waals surface area contributed by atoms with Crippen molar-refractivity contribution in [3.8, 4) is 0 Å². The largest absolute Gasteiger partial charge is 0.380 e. The molecule has 0 radical (unpaired) electrons. The molecule has 1 aromatic carbocycles. The van der Waals surface area contributed by atoms with Crippen molar-refractivity contribution in [2.75, 3.05) is 23.4 Å². The van der Waals surface area contributed by atoms with Gasteiger partial charge in [-0.25, -0.2) is 8.78 Å². The van der Waals surface area contributed by atoms with Crippen molar-refractivity contribution >= 4 is 17.4 Å². The number of hydrogen-bond acceptors (Lipinski definition) is 3. The minimum absolute atomic E-state index is 0.0506. The third-order valence-corrected chi connectivity index (χ3v) is 5.19. The maximum absolute atomic E-state index is 13.7. The first-order chi connectivity index (χ1) is 9.69. The van der Waals surface area contributed by atoms with Crippen LogP contribution in [0.4, 0.5) is 14.5 Å². The fraction of sp³-hybridized carbons (Fsp3) is 0.600. The lowest BCUT2D eigenvalue weighted by atomic mass is 9.85. The Morgan fingerprint density at radius 1 is 1.25 bits per heavy atom.